The Kier molecular flexibility index (Phi) is 4.79. The van der Waals surface area contributed by atoms with Gasteiger partial charge in [-0.1, -0.05) is 13.0 Å². The number of sulfonamides is 1. The zero-order chi connectivity index (χ0) is 15.6. The van der Waals surface area contributed by atoms with Crippen LogP contribution in [-0.2, 0) is 10.0 Å². The lowest BCUT2D eigenvalue weighted by Gasteiger charge is -2.26. The Morgan fingerprint density at radius 1 is 1.50 bits per heavy atom. The molecule has 0 aliphatic carbocycles. The summed E-state index contributed by atoms with van der Waals surface area (Å²) in [5.74, 6) is -1.24. The Morgan fingerprint density at radius 2 is 2.10 bits per heavy atom. The van der Waals surface area contributed by atoms with E-state index in [4.69, 9.17) is 0 Å². The maximum atomic E-state index is 13.4. The third-order valence-corrected chi connectivity index (χ3v) is 4.60. The van der Waals surface area contributed by atoms with E-state index in [-0.39, 0.29) is 6.42 Å². The van der Waals surface area contributed by atoms with Crippen molar-refractivity contribution < 1.29 is 22.8 Å². The van der Waals surface area contributed by atoms with E-state index >= 15 is 0 Å². The van der Waals surface area contributed by atoms with E-state index in [2.05, 4.69) is 4.72 Å². The van der Waals surface area contributed by atoms with Gasteiger partial charge in [0.05, 0.1) is 17.1 Å². The predicted octanol–water partition coefficient (Wildman–Crippen LogP) is 1.17. The van der Waals surface area contributed by atoms with Gasteiger partial charge in [-0.3, -0.25) is 10.1 Å². The number of nitro groups is 1. The minimum Gasteiger partial charge on any atom is -0.394 e. The molecule has 2 N–H and O–H groups in total. The Bertz CT molecular complexity index is 613. The summed E-state index contributed by atoms with van der Waals surface area (Å²) >= 11 is 0. The van der Waals surface area contributed by atoms with Gasteiger partial charge in [-0.05, 0) is 25.5 Å². The highest BCUT2D eigenvalue weighted by atomic mass is 32.2. The molecular weight excluding hydrogens is 291 g/mol. The number of hydrogen-bond acceptors (Lipinski definition) is 5. The lowest BCUT2D eigenvalue weighted by Crippen LogP contribution is -2.48. The fourth-order valence-corrected chi connectivity index (χ4v) is 3.14. The quantitative estimate of drug-likeness (QED) is 0.605. The Morgan fingerprint density at radius 3 is 2.55 bits per heavy atom. The number of halogens is 1. The highest BCUT2D eigenvalue weighted by Crippen LogP contribution is 2.27. The third kappa shape index (κ3) is 3.30. The summed E-state index contributed by atoms with van der Waals surface area (Å²) in [5, 5.41) is 20.0. The number of nitrogens with zero attached hydrogens (tertiary/aromatic N) is 1. The average Bonchev–Trinajstić information content (AvgIpc) is 2.37. The van der Waals surface area contributed by atoms with Crippen LogP contribution in [0.2, 0.25) is 0 Å². The van der Waals surface area contributed by atoms with Crippen molar-refractivity contribution in [2.24, 2.45) is 0 Å². The second-order valence-electron chi connectivity index (χ2n) is 4.52. The van der Waals surface area contributed by atoms with Crippen LogP contribution in [0.1, 0.15) is 20.3 Å². The first-order chi connectivity index (χ1) is 9.17. The molecule has 0 radical (unpaired) electrons. The monoisotopic (exact) mass is 306 g/mol. The van der Waals surface area contributed by atoms with Crippen molar-refractivity contribution in [1.29, 1.82) is 0 Å². The molecule has 0 heterocycles. The van der Waals surface area contributed by atoms with Crippen LogP contribution in [0.15, 0.2) is 23.1 Å². The van der Waals surface area contributed by atoms with Crippen molar-refractivity contribution in [3.63, 3.8) is 0 Å². The SMILES string of the molecule is CCC(C)(CO)NS(=O)(=O)c1cccc(F)c1[N+](=O)[O-]. The summed E-state index contributed by atoms with van der Waals surface area (Å²) in [6, 6.07) is 2.82. The fourth-order valence-electron chi connectivity index (χ4n) is 1.49. The molecule has 1 atom stereocenters. The normalized spacial score (nSPS) is 14.8. The molecule has 112 valence electrons. The number of nitro benzene ring substituents is 1. The first kappa shape index (κ1) is 16.5. The Hall–Kier alpha value is -1.58. The van der Waals surface area contributed by atoms with E-state index in [1.54, 1.807) is 6.92 Å². The maximum Gasteiger partial charge on any atom is 0.324 e. The molecule has 0 aliphatic heterocycles. The third-order valence-electron chi connectivity index (χ3n) is 2.93. The van der Waals surface area contributed by atoms with Crippen molar-refractivity contribution in [3.8, 4) is 0 Å². The van der Waals surface area contributed by atoms with Gasteiger partial charge in [-0.15, -0.1) is 0 Å². The van der Waals surface area contributed by atoms with Crippen LogP contribution in [0.4, 0.5) is 10.1 Å². The second kappa shape index (κ2) is 5.81. The molecule has 0 aromatic heterocycles. The van der Waals surface area contributed by atoms with Gasteiger partial charge >= 0.3 is 5.69 Å². The van der Waals surface area contributed by atoms with E-state index < -0.39 is 43.5 Å². The van der Waals surface area contributed by atoms with Gasteiger partial charge in [0.25, 0.3) is 0 Å². The van der Waals surface area contributed by atoms with Crippen LogP contribution >= 0.6 is 0 Å². The van der Waals surface area contributed by atoms with Gasteiger partial charge in [-0.2, -0.15) is 4.39 Å². The Labute approximate surface area is 115 Å². The number of para-hydroxylation sites is 1. The zero-order valence-corrected chi connectivity index (χ0v) is 11.8. The molecule has 1 rings (SSSR count). The molecule has 1 unspecified atom stereocenters. The van der Waals surface area contributed by atoms with Crippen molar-refractivity contribution in [2.45, 2.75) is 30.7 Å². The first-order valence-corrected chi connectivity index (χ1v) is 7.23. The fraction of sp³-hybridized carbons (Fsp3) is 0.455. The van der Waals surface area contributed by atoms with Gasteiger partial charge in [0.15, 0.2) is 4.90 Å². The average molecular weight is 306 g/mol. The molecule has 20 heavy (non-hydrogen) atoms. The molecule has 1 aromatic rings. The standard InChI is InChI=1S/C11H15FN2O5S/c1-3-11(2,7-15)13-20(18,19)9-6-4-5-8(12)10(9)14(16)17/h4-6,13,15H,3,7H2,1-2H3. The number of aliphatic hydroxyl groups excluding tert-OH is 1. The highest BCUT2D eigenvalue weighted by Gasteiger charge is 2.34. The lowest BCUT2D eigenvalue weighted by atomic mass is 10.0. The number of benzene rings is 1. The number of nitrogens with one attached hydrogen (secondary N) is 1. The van der Waals surface area contributed by atoms with Crippen LogP contribution < -0.4 is 4.72 Å². The maximum absolute atomic E-state index is 13.4. The molecule has 0 fully saturated rings. The van der Waals surface area contributed by atoms with Crippen molar-refractivity contribution >= 4 is 15.7 Å². The van der Waals surface area contributed by atoms with Gasteiger partial charge < -0.3 is 5.11 Å². The topological polar surface area (TPSA) is 110 Å². The molecule has 0 saturated heterocycles. The molecule has 0 amide bonds. The molecule has 0 spiro atoms. The minimum atomic E-state index is -4.33. The summed E-state index contributed by atoms with van der Waals surface area (Å²) < 4.78 is 39.9. The minimum absolute atomic E-state index is 0.256. The van der Waals surface area contributed by atoms with Crippen LogP contribution in [0, 0.1) is 15.9 Å². The van der Waals surface area contributed by atoms with Crippen LogP contribution in [0.25, 0.3) is 0 Å². The predicted molar refractivity (Wildman–Crippen MR) is 69.2 cm³/mol. The van der Waals surface area contributed by atoms with Crippen LogP contribution in [0.3, 0.4) is 0 Å². The van der Waals surface area contributed by atoms with E-state index in [1.165, 1.54) is 6.92 Å². The Balaban J connectivity index is 3.37. The molecular formula is C11H15FN2O5S. The van der Waals surface area contributed by atoms with Crippen molar-refractivity contribution in [1.82, 2.24) is 4.72 Å². The van der Waals surface area contributed by atoms with Gasteiger partial charge in [0.2, 0.25) is 15.8 Å². The van der Waals surface area contributed by atoms with E-state index in [1.807, 2.05) is 0 Å². The molecule has 0 bridgehead atoms. The van der Waals surface area contributed by atoms with E-state index in [0.717, 1.165) is 18.2 Å². The molecule has 9 heteroatoms. The van der Waals surface area contributed by atoms with Crippen molar-refractivity contribution in [3.05, 3.63) is 34.1 Å². The van der Waals surface area contributed by atoms with E-state index in [0.29, 0.717) is 0 Å². The molecule has 0 aliphatic rings. The van der Waals surface area contributed by atoms with E-state index in [9.17, 15) is 28.0 Å². The number of rotatable bonds is 6. The summed E-state index contributed by atoms with van der Waals surface area (Å²) in [4.78, 5) is 8.96. The highest BCUT2D eigenvalue weighted by molar-refractivity contribution is 7.89. The van der Waals surface area contributed by atoms with Gasteiger partial charge in [-0.25, -0.2) is 13.1 Å². The largest absolute Gasteiger partial charge is 0.394 e. The molecule has 1 aromatic carbocycles. The summed E-state index contributed by atoms with van der Waals surface area (Å²) in [5.41, 5.74) is -2.30. The van der Waals surface area contributed by atoms with Crippen LogP contribution in [0.5, 0.6) is 0 Å². The second-order valence-corrected chi connectivity index (χ2v) is 6.17. The summed E-state index contributed by atoms with van der Waals surface area (Å²) in [6.07, 6.45) is 0.256. The number of aliphatic hydroxyl groups is 1. The zero-order valence-electron chi connectivity index (χ0n) is 11.0. The lowest BCUT2D eigenvalue weighted by molar-refractivity contribution is -0.390. The first-order valence-electron chi connectivity index (χ1n) is 5.74. The van der Waals surface area contributed by atoms with Crippen LogP contribution in [-0.4, -0.2) is 30.6 Å². The molecule has 7 nitrogen and oxygen atoms in total. The summed E-state index contributed by atoms with van der Waals surface area (Å²) in [7, 11) is -4.33. The summed E-state index contributed by atoms with van der Waals surface area (Å²) in [6.45, 7) is 2.58. The number of hydrogen-bond donors (Lipinski definition) is 2. The van der Waals surface area contributed by atoms with Crippen molar-refractivity contribution in [2.75, 3.05) is 6.61 Å². The molecule has 0 saturated carbocycles. The smallest absolute Gasteiger partial charge is 0.324 e. The van der Waals surface area contributed by atoms with Gasteiger partial charge in [0, 0.05) is 0 Å². The van der Waals surface area contributed by atoms with Gasteiger partial charge in [0.1, 0.15) is 0 Å².